The molecule has 0 bridgehead atoms. The smallest absolute Gasteiger partial charge is 0.315 e. The molecule has 0 radical (unpaired) electrons. The van der Waals surface area contributed by atoms with E-state index >= 15 is 0 Å². The maximum atomic E-state index is 12.2. The summed E-state index contributed by atoms with van der Waals surface area (Å²) in [6.07, 6.45) is -4.46. The number of carbonyl (C=O) groups is 1. The second-order valence-electron chi connectivity index (χ2n) is 3.38. The first-order valence-electron chi connectivity index (χ1n) is 4.51. The molecular weight excluding hydrogens is 243 g/mol. The van der Waals surface area contributed by atoms with Crippen LogP contribution in [0.25, 0.3) is 0 Å². The molecule has 2 N–H and O–H groups in total. The lowest BCUT2D eigenvalue weighted by Gasteiger charge is -2.25. The Morgan fingerprint density at radius 2 is 2.25 bits per heavy atom. The Morgan fingerprint density at radius 1 is 1.56 bits per heavy atom. The molecule has 0 aliphatic carbocycles. The molecular formula is C8H8F3N3OS. The number of amides is 1. The number of carbonyl (C=O) groups excluding carboxylic acids is 1. The summed E-state index contributed by atoms with van der Waals surface area (Å²) in [5.74, 6) is -0.458. The number of alkyl halides is 3. The van der Waals surface area contributed by atoms with Gasteiger partial charge in [0.1, 0.15) is 0 Å². The van der Waals surface area contributed by atoms with E-state index in [0.717, 1.165) is 16.7 Å². The van der Waals surface area contributed by atoms with Gasteiger partial charge in [-0.05, 0) is 0 Å². The van der Waals surface area contributed by atoms with E-state index in [1.54, 1.807) is 0 Å². The molecule has 1 aromatic rings. The molecule has 2 rings (SSSR count). The van der Waals surface area contributed by atoms with E-state index in [-0.39, 0.29) is 17.0 Å². The quantitative estimate of drug-likeness (QED) is 0.833. The van der Waals surface area contributed by atoms with Gasteiger partial charge in [0.15, 0.2) is 10.8 Å². The molecule has 0 atom stereocenters. The number of aromatic nitrogens is 1. The summed E-state index contributed by atoms with van der Waals surface area (Å²) in [6.45, 7) is 1.12. The fourth-order valence-corrected chi connectivity index (χ4v) is 1.86. The van der Waals surface area contributed by atoms with Crippen LogP contribution in [0.1, 0.15) is 5.69 Å². The van der Waals surface area contributed by atoms with Gasteiger partial charge in [0, 0.05) is 18.5 Å². The minimum atomic E-state index is -4.46. The Bertz CT molecular complexity index is 399. The van der Waals surface area contributed by atoms with Crippen molar-refractivity contribution >= 4 is 22.4 Å². The van der Waals surface area contributed by atoms with E-state index in [2.05, 4.69) is 15.6 Å². The van der Waals surface area contributed by atoms with Crippen LogP contribution >= 0.6 is 11.3 Å². The standard InChI is InChI=1S/C8H8F3N3OS/c9-8(10,11)5-3-16-7(13-5)14-6(15)4-1-12-2-4/h3-4,12H,1-2H2,(H,13,14,15). The van der Waals surface area contributed by atoms with Crippen LogP contribution in [0.3, 0.4) is 0 Å². The lowest BCUT2D eigenvalue weighted by molar-refractivity contribution is -0.140. The Labute approximate surface area is 92.9 Å². The maximum absolute atomic E-state index is 12.2. The average molecular weight is 251 g/mol. The number of halogens is 3. The van der Waals surface area contributed by atoms with Crippen molar-refractivity contribution in [1.29, 1.82) is 0 Å². The van der Waals surface area contributed by atoms with Crippen LogP contribution in [0.4, 0.5) is 18.3 Å². The molecule has 88 valence electrons. The molecule has 1 amide bonds. The summed E-state index contributed by atoms with van der Waals surface area (Å²) < 4.78 is 36.6. The molecule has 1 fully saturated rings. The van der Waals surface area contributed by atoms with Gasteiger partial charge in [-0.3, -0.25) is 4.79 Å². The minimum Gasteiger partial charge on any atom is -0.315 e. The molecule has 16 heavy (non-hydrogen) atoms. The van der Waals surface area contributed by atoms with Gasteiger partial charge in [-0.1, -0.05) is 0 Å². The second kappa shape index (κ2) is 4.02. The average Bonchev–Trinajstić information content (AvgIpc) is 2.47. The SMILES string of the molecule is O=C(Nc1nc(C(F)(F)F)cs1)C1CNC1. The summed E-state index contributed by atoms with van der Waals surface area (Å²) in [7, 11) is 0. The molecule has 0 saturated carbocycles. The van der Waals surface area contributed by atoms with E-state index < -0.39 is 11.9 Å². The molecule has 1 aromatic heterocycles. The zero-order chi connectivity index (χ0) is 11.8. The van der Waals surface area contributed by atoms with Crippen LogP contribution < -0.4 is 10.6 Å². The van der Waals surface area contributed by atoms with Crippen LogP contribution in [-0.2, 0) is 11.0 Å². The molecule has 0 aromatic carbocycles. The molecule has 1 saturated heterocycles. The van der Waals surface area contributed by atoms with Crippen molar-refractivity contribution in [3.05, 3.63) is 11.1 Å². The predicted octanol–water partition coefficient (Wildman–Crippen LogP) is 1.32. The van der Waals surface area contributed by atoms with Crippen molar-refractivity contribution < 1.29 is 18.0 Å². The third kappa shape index (κ3) is 2.33. The zero-order valence-electron chi connectivity index (χ0n) is 7.97. The molecule has 0 spiro atoms. The van der Waals surface area contributed by atoms with Crippen molar-refractivity contribution in [1.82, 2.24) is 10.3 Å². The number of hydrogen-bond acceptors (Lipinski definition) is 4. The maximum Gasteiger partial charge on any atom is 0.434 e. The van der Waals surface area contributed by atoms with Crippen LogP contribution in [0.15, 0.2) is 5.38 Å². The van der Waals surface area contributed by atoms with E-state index in [9.17, 15) is 18.0 Å². The van der Waals surface area contributed by atoms with Crippen molar-refractivity contribution in [2.75, 3.05) is 18.4 Å². The molecule has 8 heteroatoms. The first-order valence-corrected chi connectivity index (χ1v) is 5.39. The summed E-state index contributed by atoms with van der Waals surface area (Å²) in [5.41, 5.74) is -0.973. The number of nitrogens with one attached hydrogen (secondary N) is 2. The third-order valence-electron chi connectivity index (χ3n) is 2.18. The number of nitrogens with zero attached hydrogens (tertiary/aromatic N) is 1. The summed E-state index contributed by atoms with van der Waals surface area (Å²) in [6, 6.07) is 0. The lowest BCUT2D eigenvalue weighted by Crippen LogP contribution is -2.48. The van der Waals surface area contributed by atoms with E-state index in [0.29, 0.717) is 13.1 Å². The van der Waals surface area contributed by atoms with Gasteiger partial charge in [0.25, 0.3) is 0 Å². The Kier molecular flexibility index (Phi) is 2.85. The van der Waals surface area contributed by atoms with Gasteiger partial charge in [-0.15, -0.1) is 11.3 Å². The van der Waals surface area contributed by atoms with Gasteiger partial charge >= 0.3 is 6.18 Å². The van der Waals surface area contributed by atoms with Crippen LogP contribution in [0.5, 0.6) is 0 Å². The highest BCUT2D eigenvalue weighted by atomic mass is 32.1. The number of anilines is 1. The minimum absolute atomic E-state index is 0.00998. The Balaban J connectivity index is 1.99. The molecule has 4 nitrogen and oxygen atoms in total. The first kappa shape index (κ1) is 11.3. The highest BCUT2D eigenvalue weighted by Crippen LogP contribution is 2.31. The van der Waals surface area contributed by atoms with E-state index in [1.165, 1.54) is 0 Å². The van der Waals surface area contributed by atoms with Gasteiger partial charge in [-0.25, -0.2) is 4.98 Å². The summed E-state index contributed by atoms with van der Waals surface area (Å²) in [5, 5.41) is 6.14. The highest BCUT2D eigenvalue weighted by molar-refractivity contribution is 7.13. The van der Waals surface area contributed by atoms with E-state index in [4.69, 9.17) is 0 Å². The topological polar surface area (TPSA) is 54.0 Å². The summed E-state index contributed by atoms with van der Waals surface area (Å²) in [4.78, 5) is 14.7. The molecule has 0 unspecified atom stereocenters. The molecule has 1 aliphatic heterocycles. The first-order chi connectivity index (χ1) is 7.47. The molecule has 1 aliphatic rings. The van der Waals surface area contributed by atoms with E-state index in [1.807, 2.05) is 0 Å². The van der Waals surface area contributed by atoms with Crippen LogP contribution in [0, 0.1) is 5.92 Å². The van der Waals surface area contributed by atoms with Crippen LogP contribution in [-0.4, -0.2) is 24.0 Å². The monoisotopic (exact) mass is 251 g/mol. The fourth-order valence-electron chi connectivity index (χ4n) is 1.14. The molecule has 2 heterocycles. The third-order valence-corrected chi connectivity index (χ3v) is 2.93. The van der Waals surface area contributed by atoms with Gasteiger partial charge in [-0.2, -0.15) is 13.2 Å². The van der Waals surface area contributed by atoms with Crippen molar-refractivity contribution in [3.8, 4) is 0 Å². The Hall–Kier alpha value is -1.15. The van der Waals surface area contributed by atoms with Crippen molar-refractivity contribution in [2.45, 2.75) is 6.18 Å². The highest BCUT2D eigenvalue weighted by Gasteiger charge is 2.34. The Morgan fingerprint density at radius 3 is 2.69 bits per heavy atom. The van der Waals surface area contributed by atoms with Crippen LogP contribution in [0.2, 0.25) is 0 Å². The van der Waals surface area contributed by atoms with Gasteiger partial charge < -0.3 is 10.6 Å². The van der Waals surface area contributed by atoms with Gasteiger partial charge in [0.05, 0.1) is 5.92 Å². The number of hydrogen-bond donors (Lipinski definition) is 2. The zero-order valence-corrected chi connectivity index (χ0v) is 8.78. The second-order valence-corrected chi connectivity index (χ2v) is 4.24. The normalized spacial score (nSPS) is 16.9. The summed E-state index contributed by atoms with van der Waals surface area (Å²) >= 11 is 0.773. The fraction of sp³-hybridized carbons (Fsp3) is 0.500. The lowest BCUT2D eigenvalue weighted by atomic mass is 10.0. The van der Waals surface area contributed by atoms with Gasteiger partial charge in [0.2, 0.25) is 5.91 Å². The van der Waals surface area contributed by atoms with Crippen molar-refractivity contribution in [2.24, 2.45) is 5.92 Å². The number of rotatable bonds is 2. The predicted molar refractivity (Wildman–Crippen MR) is 52.1 cm³/mol. The van der Waals surface area contributed by atoms with Crippen molar-refractivity contribution in [3.63, 3.8) is 0 Å². The largest absolute Gasteiger partial charge is 0.434 e. The number of thiazole rings is 1.